The number of imide groups is 1. The number of amides is 8. The number of halogens is 1. The first-order chi connectivity index (χ1) is 41.6. The van der Waals surface area contributed by atoms with Crippen molar-refractivity contribution < 1.29 is 71.7 Å². The van der Waals surface area contributed by atoms with Crippen LogP contribution in [0.4, 0.5) is 21.9 Å². The molecule has 4 aromatic rings. The summed E-state index contributed by atoms with van der Waals surface area (Å²) in [5.74, 6) is -1.92. The summed E-state index contributed by atoms with van der Waals surface area (Å²) in [5.41, 5.74) is 6.99. The number of rotatable bonds is 28. The van der Waals surface area contributed by atoms with Gasteiger partial charge in [-0.2, -0.15) is 0 Å². The molecule has 7 N–H and O–H groups in total. The van der Waals surface area contributed by atoms with Gasteiger partial charge in [-0.05, 0) is 125 Å². The second kappa shape index (κ2) is 28.8. The average Bonchev–Trinajstić information content (AvgIpc) is 1.62. The molecule has 8 amide bonds. The number of hydrogen-bond donors (Lipinski definition) is 6. The smallest absolute Gasteiger partial charge is 0.416 e. The van der Waals surface area contributed by atoms with Gasteiger partial charge in [0.25, 0.3) is 17.7 Å². The molecule has 0 bridgehead atoms. The first-order valence-corrected chi connectivity index (χ1v) is 31.2. The van der Waals surface area contributed by atoms with Crippen molar-refractivity contribution in [2.45, 2.75) is 127 Å². The molecular formula is C61H74ClN8O15P. The van der Waals surface area contributed by atoms with Crippen molar-refractivity contribution in [3.05, 3.63) is 95.6 Å². The van der Waals surface area contributed by atoms with Crippen LogP contribution in [0, 0.1) is 5.41 Å². The van der Waals surface area contributed by atoms with Crippen LogP contribution in [0.3, 0.4) is 0 Å². The number of benzene rings is 4. The third kappa shape index (κ3) is 14.0. The van der Waals surface area contributed by atoms with Crippen molar-refractivity contribution in [2.75, 3.05) is 67.4 Å². The summed E-state index contributed by atoms with van der Waals surface area (Å²) >= 11 is 6.42. The molecular weight excluding hydrogens is 1150 g/mol. The monoisotopic (exact) mass is 1220 g/mol. The van der Waals surface area contributed by atoms with Gasteiger partial charge in [0.05, 0.1) is 36.7 Å². The third-order valence-electron chi connectivity index (χ3n) is 16.7. The number of anilines is 3. The number of alkyl halides is 1. The Labute approximate surface area is 503 Å². The highest BCUT2D eigenvalue weighted by Gasteiger charge is 2.51. The number of fused-ring (bicyclic) bond motifs is 5. The quantitative estimate of drug-likeness (QED) is 0.0110. The Bertz CT molecular complexity index is 3250. The number of aliphatic hydroxyl groups excluding tert-OH is 1. The molecule has 2 fully saturated rings. The van der Waals surface area contributed by atoms with E-state index < -0.39 is 61.7 Å². The Morgan fingerprint density at radius 1 is 0.849 bits per heavy atom. The zero-order valence-corrected chi connectivity index (χ0v) is 49.8. The van der Waals surface area contributed by atoms with Crippen LogP contribution in [-0.4, -0.2) is 138 Å². The highest BCUT2D eigenvalue weighted by atomic mass is 35.5. The summed E-state index contributed by atoms with van der Waals surface area (Å²) in [6.07, 6.45) is 7.42. The van der Waals surface area contributed by atoms with E-state index in [0.717, 1.165) is 15.8 Å². The Kier molecular flexibility index (Phi) is 21.1. The molecule has 5 aliphatic rings. The third-order valence-corrected chi connectivity index (χ3v) is 17.5. The highest BCUT2D eigenvalue weighted by molar-refractivity contribution is 7.32. The van der Waals surface area contributed by atoms with Gasteiger partial charge in [-0.3, -0.25) is 38.5 Å². The van der Waals surface area contributed by atoms with Gasteiger partial charge in [-0.25, -0.2) is 14.3 Å². The fourth-order valence-electron chi connectivity index (χ4n) is 11.9. The Hall–Kier alpha value is -7.56. The number of ether oxygens (including phenoxy) is 3. The van der Waals surface area contributed by atoms with Gasteiger partial charge in [-0.1, -0.05) is 42.8 Å². The lowest BCUT2D eigenvalue weighted by Gasteiger charge is -2.39. The number of unbranched alkanes of at least 4 members (excludes halogenated alkanes) is 5. The summed E-state index contributed by atoms with van der Waals surface area (Å²) in [6.45, 7) is 1.60. The molecule has 4 aromatic carbocycles. The number of nitrogens with two attached hydrogens (primary N) is 1. The zero-order chi connectivity index (χ0) is 61.1. The lowest BCUT2D eigenvalue weighted by Crippen LogP contribution is -2.58. The van der Waals surface area contributed by atoms with Gasteiger partial charge < -0.3 is 60.2 Å². The second-order valence-electron chi connectivity index (χ2n) is 22.2. The molecule has 23 nitrogen and oxygen atoms in total. The van der Waals surface area contributed by atoms with Crippen molar-refractivity contribution in [2.24, 2.45) is 11.1 Å². The van der Waals surface area contributed by atoms with E-state index >= 15 is 0 Å². The standard InChI is InChI=1S/C61H74ClN8O15P/c1-82-49-32-43-46(33-50(49)83-31-11-2-4-18-51(71)69-36-39(35-62)54-42-15-6-5-14-41(42)48(34-47(54)69)85-86(80)81)70(57(76)45-17-12-30-67(45)56(43)75)60(79)84-37-38-19-21-40(22-20-38)65-55(74)44(16-7-8-27-63)66-59(78)61(25-13-26-61)58(77)64-28-9-3-10-29-68-52(72)23-24-53(68)73/h5-6,14-15,19-24,32-34,39,44-45,57,76,86H,2-4,7-13,16-18,25-31,35-37,63H2,1H3,(H,64,77)(H,65,74)(H,66,78)(H,80,81)/t39-,44+,45+,57?/m1/s1. The lowest BCUT2D eigenvalue weighted by molar-refractivity contribution is -0.151. The van der Waals surface area contributed by atoms with Crippen LogP contribution < -0.4 is 45.5 Å². The predicted molar refractivity (Wildman–Crippen MR) is 320 cm³/mol. The summed E-state index contributed by atoms with van der Waals surface area (Å²) in [6, 6.07) is 16.7. The average molecular weight is 1230 g/mol. The second-order valence-corrected chi connectivity index (χ2v) is 23.3. The Morgan fingerprint density at radius 3 is 2.28 bits per heavy atom. The Balaban J connectivity index is 0.791. The van der Waals surface area contributed by atoms with E-state index in [4.69, 9.17) is 36.1 Å². The maximum Gasteiger partial charge on any atom is 0.416 e. The number of nitrogens with zero attached hydrogens (tertiary/aromatic N) is 4. The number of carbonyl (C=O) groups excluding carboxylic acids is 8. The minimum atomic E-state index is -3.33. The van der Waals surface area contributed by atoms with Crippen LogP contribution in [0.2, 0.25) is 0 Å². The van der Waals surface area contributed by atoms with Gasteiger partial charge in [0, 0.05) is 79.8 Å². The molecule has 0 spiro atoms. The van der Waals surface area contributed by atoms with Crippen LogP contribution >= 0.6 is 19.9 Å². The van der Waals surface area contributed by atoms with E-state index in [1.54, 1.807) is 52.3 Å². The molecule has 1 saturated heterocycles. The topological polar surface area (TPSA) is 306 Å². The molecule has 1 saturated carbocycles. The highest BCUT2D eigenvalue weighted by Crippen LogP contribution is 2.48. The van der Waals surface area contributed by atoms with Crippen molar-refractivity contribution in [3.63, 3.8) is 0 Å². The van der Waals surface area contributed by atoms with Crippen molar-refractivity contribution in [3.8, 4) is 17.2 Å². The number of carbonyl (C=O) groups is 8. The normalized spacial score (nSPS) is 19.0. The van der Waals surface area contributed by atoms with Gasteiger partial charge in [0.15, 0.2) is 17.7 Å². The van der Waals surface area contributed by atoms with Crippen molar-refractivity contribution in [1.82, 2.24) is 20.4 Å². The Morgan fingerprint density at radius 2 is 1.58 bits per heavy atom. The molecule has 4 heterocycles. The minimum absolute atomic E-state index is 0.0603. The largest absolute Gasteiger partial charge is 0.493 e. The van der Waals surface area contributed by atoms with Gasteiger partial charge in [-0.15, -0.1) is 11.6 Å². The predicted octanol–water partition coefficient (Wildman–Crippen LogP) is 6.93. The summed E-state index contributed by atoms with van der Waals surface area (Å²) < 4.78 is 34.8. The fourth-order valence-corrected chi connectivity index (χ4v) is 12.5. The molecule has 460 valence electrons. The van der Waals surface area contributed by atoms with Crippen LogP contribution in [0.1, 0.15) is 124 Å². The van der Waals surface area contributed by atoms with E-state index in [1.807, 2.05) is 12.1 Å². The first-order valence-electron chi connectivity index (χ1n) is 29.4. The fraction of sp³-hybridized carbons (Fsp3) is 0.475. The number of methoxy groups -OCH3 is 1. The molecule has 0 aromatic heterocycles. The van der Waals surface area contributed by atoms with Gasteiger partial charge in [0.2, 0.25) is 23.6 Å². The van der Waals surface area contributed by atoms with Gasteiger partial charge >= 0.3 is 14.3 Å². The SMILES string of the molecule is COc1cc2c(cc1OCCCCCC(=O)N1C[C@@H](CCl)c3c1cc(O[PH](=O)O)c1ccccc31)N(C(=O)OCc1ccc(NC(=O)[C@H](CCCCN)NC(=O)C3(C(=O)NCCCCCN4C(=O)C=CC4=O)CCC3)cc1)C(O)[C@@H]1CCCN1C2=O. The van der Waals surface area contributed by atoms with Crippen LogP contribution in [0.5, 0.6) is 17.2 Å². The molecule has 0 radical (unpaired) electrons. The minimum Gasteiger partial charge on any atom is -0.493 e. The molecule has 2 unspecified atom stereocenters. The van der Waals surface area contributed by atoms with Crippen LogP contribution in [0.15, 0.2) is 78.9 Å². The summed E-state index contributed by atoms with van der Waals surface area (Å²) in [5, 5.41) is 21.9. The molecule has 5 atom stereocenters. The number of hydrogen-bond acceptors (Lipinski definition) is 15. The van der Waals surface area contributed by atoms with Crippen LogP contribution in [0.25, 0.3) is 10.8 Å². The molecule has 9 rings (SSSR count). The summed E-state index contributed by atoms with van der Waals surface area (Å²) in [7, 11) is -1.90. The summed E-state index contributed by atoms with van der Waals surface area (Å²) in [4.78, 5) is 122. The maximum absolute atomic E-state index is 14.3. The number of aliphatic hydroxyl groups is 1. The van der Waals surface area contributed by atoms with E-state index in [1.165, 1.54) is 36.3 Å². The van der Waals surface area contributed by atoms with Crippen LogP contribution in [-0.2, 0) is 44.7 Å². The zero-order valence-electron chi connectivity index (χ0n) is 48.0. The molecule has 86 heavy (non-hydrogen) atoms. The van der Waals surface area contributed by atoms with E-state index in [2.05, 4.69) is 16.0 Å². The van der Waals surface area contributed by atoms with E-state index in [-0.39, 0.29) is 90.6 Å². The van der Waals surface area contributed by atoms with Crippen molar-refractivity contribution >= 4 is 95.1 Å². The van der Waals surface area contributed by atoms with Gasteiger partial charge in [0.1, 0.15) is 23.8 Å². The van der Waals surface area contributed by atoms with E-state index in [9.17, 15) is 52.9 Å². The molecule has 1 aliphatic carbocycles. The lowest BCUT2D eigenvalue weighted by atomic mass is 9.67. The maximum atomic E-state index is 14.3. The molecule has 4 aliphatic heterocycles. The first kappa shape index (κ1) is 63.0. The van der Waals surface area contributed by atoms with E-state index in [0.29, 0.717) is 132 Å². The van der Waals surface area contributed by atoms with Crippen molar-refractivity contribution in [1.29, 1.82) is 0 Å². The number of nitrogens with one attached hydrogen (secondary N) is 3. The molecule has 25 heteroatoms.